The van der Waals surface area contributed by atoms with E-state index >= 15 is 0 Å². The molecule has 0 radical (unpaired) electrons. The van der Waals surface area contributed by atoms with Crippen molar-refractivity contribution in [3.8, 4) is 0 Å². The van der Waals surface area contributed by atoms with Crippen LogP contribution < -0.4 is 0 Å². The quantitative estimate of drug-likeness (QED) is 0.0272. The molecule has 0 aromatic heterocycles. The lowest BCUT2D eigenvalue weighted by molar-refractivity contribution is -0.334. The zero-order valence-electron chi connectivity index (χ0n) is 33.9. The molecule has 0 aromatic carbocycles. The molecule has 0 N–H and O–H groups in total. The highest BCUT2D eigenvalue weighted by molar-refractivity contribution is 5.59. The number of rotatable bonds is 37. The van der Waals surface area contributed by atoms with Crippen LogP contribution in [0.15, 0.2) is 0 Å². The van der Waals surface area contributed by atoms with Crippen LogP contribution in [0, 0.1) is 0 Å². The molecule has 0 fully saturated rings. The fourth-order valence-corrected chi connectivity index (χ4v) is 5.93. The van der Waals surface area contributed by atoms with Gasteiger partial charge < -0.3 is 9.47 Å². The van der Waals surface area contributed by atoms with Gasteiger partial charge in [-0.25, -0.2) is 9.59 Å². The van der Waals surface area contributed by atoms with Crippen LogP contribution in [0.5, 0.6) is 0 Å². The summed E-state index contributed by atoms with van der Waals surface area (Å²) < 4.78 is 10.3. The monoisotopic (exact) mass is 715 g/mol. The molecule has 0 bridgehead atoms. The van der Waals surface area contributed by atoms with Gasteiger partial charge in [-0.1, -0.05) is 181 Å². The fraction of sp³-hybridized carbons (Fsp3) is 0.952. The SMILES string of the molecule is CCCCCCCCCCCCCCCCOC(=O)OOC(C)(C)CCC(C)(C)OOC(=O)OCCCCCCCCCCCCCCCC. The maximum atomic E-state index is 12.0. The number of carbonyl (C=O) groups excluding carboxylic acids is 2. The van der Waals surface area contributed by atoms with Gasteiger partial charge in [-0.15, -0.1) is 0 Å². The number of unbranched alkanes of at least 4 members (excludes halogenated alkanes) is 26. The first-order chi connectivity index (χ1) is 24.1. The van der Waals surface area contributed by atoms with Gasteiger partial charge in [0.15, 0.2) is 0 Å². The molecule has 0 rings (SSSR count). The van der Waals surface area contributed by atoms with E-state index in [2.05, 4.69) is 13.8 Å². The molecule has 0 saturated carbocycles. The summed E-state index contributed by atoms with van der Waals surface area (Å²) in [6.45, 7) is 12.4. The molecule has 0 aliphatic heterocycles. The van der Waals surface area contributed by atoms with Crippen molar-refractivity contribution in [2.24, 2.45) is 0 Å². The van der Waals surface area contributed by atoms with Gasteiger partial charge in [0.05, 0.1) is 13.2 Å². The summed E-state index contributed by atoms with van der Waals surface area (Å²) in [7, 11) is 0. The third kappa shape index (κ3) is 36.3. The Hall–Kier alpha value is -1.54. The normalized spacial score (nSPS) is 11.9. The lowest BCUT2D eigenvalue weighted by Gasteiger charge is -2.28. The molecular weight excluding hydrogens is 632 g/mol. The molecule has 0 aliphatic rings. The average molecular weight is 715 g/mol. The fourth-order valence-electron chi connectivity index (χ4n) is 5.93. The summed E-state index contributed by atoms with van der Waals surface area (Å²) >= 11 is 0. The van der Waals surface area contributed by atoms with Crippen LogP contribution in [0.1, 0.15) is 234 Å². The summed E-state index contributed by atoms with van der Waals surface area (Å²) in [5.41, 5.74) is -1.55. The van der Waals surface area contributed by atoms with Crippen LogP contribution in [-0.4, -0.2) is 36.7 Å². The van der Waals surface area contributed by atoms with Crippen LogP contribution in [0.25, 0.3) is 0 Å². The third-order valence-corrected chi connectivity index (χ3v) is 9.44. The van der Waals surface area contributed by atoms with Crippen LogP contribution in [0.3, 0.4) is 0 Å². The molecule has 0 heterocycles. The largest absolute Gasteiger partial charge is 0.540 e. The first kappa shape index (κ1) is 48.5. The number of ether oxygens (including phenoxy) is 2. The van der Waals surface area contributed by atoms with Gasteiger partial charge >= 0.3 is 12.3 Å². The van der Waals surface area contributed by atoms with Gasteiger partial charge in [0.2, 0.25) is 0 Å². The van der Waals surface area contributed by atoms with Crippen LogP contribution in [0.2, 0.25) is 0 Å². The molecule has 8 nitrogen and oxygen atoms in total. The van der Waals surface area contributed by atoms with Crippen LogP contribution in [-0.2, 0) is 29.0 Å². The maximum absolute atomic E-state index is 12.0. The van der Waals surface area contributed by atoms with Gasteiger partial charge in [0.1, 0.15) is 11.2 Å². The molecule has 0 atom stereocenters. The van der Waals surface area contributed by atoms with Crippen molar-refractivity contribution >= 4 is 12.3 Å². The van der Waals surface area contributed by atoms with Gasteiger partial charge in [-0.05, 0) is 53.4 Å². The van der Waals surface area contributed by atoms with E-state index in [1.807, 2.05) is 27.7 Å². The van der Waals surface area contributed by atoms with Crippen molar-refractivity contribution in [3.05, 3.63) is 0 Å². The Morgan fingerprint density at radius 3 is 0.820 bits per heavy atom. The molecule has 50 heavy (non-hydrogen) atoms. The highest BCUT2D eigenvalue weighted by atomic mass is 17.2. The zero-order valence-corrected chi connectivity index (χ0v) is 33.9. The topological polar surface area (TPSA) is 89.5 Å². The Morgan fingerprint density at radius 1 is 0.360 bits per heavy atom. The van der Waals surface area contributed by atoms with Gasteiger partial charge in [0.25, 0.3) is 0 Å². The minimum Gasteiger partial charge on any atom is -0.432 e. The molecule has 8 heteroatoms. The Morgan fingerprint density at radius 2 is 0.580 bits per heavy atom. The molecular formula is C42H82O8. The standard InChI is InChI=1S/C42H82O8/c1-7-9-11-13-15-17-19-21-23-25-27-29-31-33-37-45-39(43)47-49-41(3,4)35-36-42(5,6)50-48-40(44)46-38-34-32-30-28-26-24-22-20-18-16-14-12-10-8-2/h7-38H2,1-6H3. The second-order valence-electron chi connectivity index (χ2n) is 15.7. The predicted octanol–water partition coefficient (Wildman–Crippen LogP) is 14.5. The Kier molecular flexibility index (Phi) is 33.5. The summed E-state index contributed by atoms with van der Waals surface area (Å²) in [6.07, 6.45) is 35.1. The Labute approximate surface area is 309 Å². The van der Waals surface area contributed by atoms with E-state index in [0.29, 0.717) is 26.1 Å². The van der Waals surface area contributed by atoms with E-state index in [4.69, 9.17) is 29.0 Å². The lowest BCUT2D eigenvalue weighted by atomic mass is 9.94. The molecule has 0 aliphatic carbocycles. The Bertz CT molecular complexity index is 692. The lowest BCUT2D eigenvalue weighted by Crippen LogP contribution is -2.33. The van der Waals surface area contributed by atoms with Gasteiger partial charge in [-0.3, -0.25) is 9.78 Å². The second-order valence-corrected chi connectivity index (χ2v) is 15.7. The molecule has 298 valence electrons. The molecule has 0 aromatic rings. The summed E-state index contributed by atoms with van der Waals surface area (Å²) in [4.78, 5) is 44.5. The van der Waals surface area contributed by atoms with Crippen molar-refractivity contribution in [1.29, 1.82) is 0 Å². The third-order valence-electron chi connectivity index (χ3n) is 9.44. The number of hydrogen-bond acceptors (Lipinski definition) is 8. The van der Waals surface area contributed by atoms with Crippen molar-refractivity contribution < 1.29 is 38.6 Å². The number of hydrogen-bond donors (Lipinski definition) is 0. The van der Waals surface area contributed by atoms with E-state index in [9.17, 15) is 9.59 Å². The first-order valence-corrected chi connectivity index (χ1v) is 21.2. The van der Waals surface area contributed by atoms with E-state index in [0.717, 1.165) is 38.5 Å². The minimum atomic E-state index is -0.826. The van der Waals surface area contributed by atoms with Crippen LogP contribution >= 0.6 is 0 Å². The van der Waals surface area contributed by atoms with Gasteiger partial charge in [-0.2, -0.15) is 9.78 Å². The predicted molar refractivity (Wildman–Crippen MR) is 205 cm³/mol. The average Bonchev–Trinajstić information content (AvgIpc) is 3.09. The smallest absolute Gasteiger partial charge is 0.432 e. The van der Waals surface area contributed by atoms with E-state index in [1.54, 1.807) is 0 Å². The molecule has 0 saturated heterocycles. The highest BCUT2D eigenvalue weighted by Gasteiger charge is 2.30. The molecule has 0 spiro atoms. The highest BCUT2D eigenvalue weighted by Crippen LogP contribution is 2.26. The van der Waals surface area contributed by atoms with Crippen molar-refractivity contribution in [2.75, 3.05) is 13.2 Å². The molecule has 0 amide bonds. The van der Waals surface area contributed by atoms with E-state index in [-0.39, 0.29) is 0 Å². The van der Waals surface area contributed by atoms with E-state index in [1.165, 1.54) is 141 Å². The summed E-state index contributed by atoms with van der Waals surface area (Å²) in [6, 6.07) is 0. The van der Waals surface area contributed by atoms with Gasteiger partial charge in [0, 0.05) is 0 Å². The minimum absolute atomic E-state index is 0.328. The van der Waals surface area contributed by atoms with Crippen molar-refractivity contribution in [2.45, 2.75) is 245 Å². The second kappa shape index (κ2) is 34.5. The van der Waals surface area contributed by atoms with Crippen LogP contribution in [0.4, 0.5) is 9.59 Å². The van der Waals surface area contributed by atoms with Crippen molar-refractivity contribution in [3.63, 3.8) is 0 Å². The number of carbonyl (C=O) groups is 2. The summed E-state index contributed by atoms with van der Waals surface area (Å²) in [5, 5.41) is 0. The van der Waals surface area contributed by atoms with E-state index < -0.39 is 23.5 Å². The Balaban J connectivity index is 3.69. The molecule has 0 unspecified atom stereocenters. The van der Waals surface area contributed by atoms with Crippen molar-refractivity contribution in [1.82, 2.24) is 0 Å². The maximum Gasteiger partial charge on any atom is 0.540 e. The summed E-state index contributed by atoms with van der Waals surface area (Å²) in [5.74, 6) is 0. The first-order valence-electron chi connectivity index (χ1n) is 21.2. The zero-order chi connectivity index (χ0) is 37.0.